The van der Waals surface area contributed by atoms with Crippen molar-refractivity contribution in [3.05, 3.63) is 0 Å². The van der Waals surface area contributed by atoms with Gasteiger partial charge in [0.2, 0.25) is 0 Å². The van der Waals surface area contributed by atoms with Gasteiger partial charge in [0, 0.05) is 26.2 Å². The molecule has 4 nitrogen and oxygen atoms in total. The van der Waals surface area contributed by atoms with Gasteiger partial charge >= 0.3 is 6.18 Å². The summed E-state index contributed by atoms with van der Waals surface area (Å²) < 4.78 is 43.0. The molecule has 0 spiro atoms. The lowest BCUT2D eigenvalue weighted by Crippen LogP contribution is -2.45. The minimum Gasteiger partial charge on any atom is -0.394 e. The van der Waals surface area contributed by atoms with Gasteiger partial charge in [-0.25, -0.2) is 0 Å². The van der Waals surface area contributed by atoms with E-state index in [4.69, 9.17) is 15.6 Å². The van der Waals surface area contributed by atoms with Crippen LogP contribution in [-0.2, 0) is 4.74 Å². The summed E-state index contributed by atoms with van der Waals surface area (Å²) in [7, 11) is 0. The SMILES string of the molecule is NCC(CN1CCC(OCCO)CC1)C(F)(F)F. The maximum Gasteiger partial charge on any atom is 0.394 e. The molecular weight excluding hydrogens is 249 g/mol. The van der Waals surface area contributed by atoms with Gasteiger partial charge in [0.1, 0.15) is 0 Å². The number of aliphatic hydroxyl groups excluding tert-OH is 1. The molecule has 0 saturated carbocycles. The van der Waals surface area contributed by atoms with Crippen LogP contribution in [0, 0.1) is 5.92 Å². The summed E-state index contributed by atoms with van der Waals surface area (Å²) in [5, 5.41) is 8.61. The van der Waals surface area contributed by atoms with Gasteiger partial charge in [-0.3, -0.25) is 0 Å². The molecular formula is C11H21F3N2O2. The average Bonchev–Trinajstić information content (AvgIpc) is 2.33. The standard InChI is InChI=1S/C11H21F3N2O2/c12-11(13,14)9(7-15)8-16-3-1-10(2-4-16)18-6-5-17/h9-10,17H,1-8,15H2. The van der Waals surface area contributed by atoms with E-state index in [1.165, 1.54) is 0 Å². The fourth-order valence-electron chi connectivity index (χ4n) is 2.10. The molecule has 1 aliphatic rings. The van der Waals surface area contributed by atoms with Crippen LogP contribution in [0.15, 0.2) is 0 Å². The number of hydrogen-bond donors (Lipinski definition) is 2. The maximum atomic E-state index is 12.6. The van der Waals surface area contributed by atoms with Gasteiger partial charge in [-0.05, 0) is 12.8 Å². The minimum atomic E-state index is -4.22. The molecule has 1 unspecified atom stereocenters. The third kappa shape index (κ3) is 5.09. The molecule has 0 bridgehead atoms. The zero-order valence-corrected chi connectivity index (χ0v) is 10.3. The van der Waals surface area contributed by atoms with Gasteiger partial charge in [0.25, 0.3) is 0 Å². The van der Waals surface area contributed by atoms with Crippen molar-refractivity contribution in [1.29, 1.82) is 0 Å². The lowest BCUT2D eigenvalue weighted by atomic mass is 10.0. The molecule has 1 atom stereocenters. The molecule has 1 heterocycles. The largest absolute Gasteiger partial charge is 0.394 e. The number of halogens is 3. The van der Waals surface area contributed by atoms with Gasteiger partial charge in [0.05, 0.1) is 25.2 Å². The molecule has 1 saturated heterocycles. The Balaban J connectivity index is 2.30. The molecule has 108 valence electrons. The van der Waals surface area contributed by atoms with Gasteiger partial charge < -0.3 is 20.5 Å². The summed E-state index contributed by atoms with van der Waals surface area (Å²) in [6.45, 7) is 1.03. The first kappa shape index (κ1) is 15.7. The molecule has 0 aromatic heterocycles. The number of aliphatic hydroxyl groups is 1. The topological polar surface area (TPSA) is 58.7 Å². The van der Waals surface area contributed by atoms with Crippen LogP contribution in [0.4, 0.5) is 13.2 Å². The molecule has 0 amide bonds. The van der Waals surface area contributed by atoms with Gasteiger partial charge in [-0.2, -0.15) is 13.2 Å². The predicted octanol–water partition coefficient (Wildman–Crippen LogP) is 0.597. The summed E-state index contributed by atoms with van der Waals surface area (Å²) in [6, 6.07) is 0. The van der Waals surface area contributed by atoms with Gasteiger partial charge in [-0.1, -0.05) is 0 Å². The third-order valence-corrected chi connectivity index (χ3v) is 3.21. The number of hydrogen-bond acceptors (Lipinski definition) is 4. The van der Waals surface area contributed by atoms with Crippen molar-refractivity contribution < 1.29 is 23.0 Å². The summed E-state index contributed by atoms with van der Waals surface area (Å²) in [4.78, 5) is 1.78. The Morgan fingerprint density at radius 1 is 1.33 bits per heavy atom. The molecule has 0 aliphatic carbocycles. The van der Waals surface area contributed by atoms with E-state index in [0.717, 1.165) is 0 Å². The third-order valence-electron chi connectivity index (χ3n) is 3.21. The van der Waals surface area contributed by atoms with Crippen LogP contribution in [0.2, 0.25) is 0 Å². The number of ether oxygens (including phenoxy) is 1. The Kier molecular flexibility index (Phi) is 6.34. The Morgan fingerprint density at radius 2 is 1.94 bits per heavy atom. The van der Waals surface area contributed by atoms with E-state index in [2.05, 4.69) is 0 Å². The Bertz CT molecular complexity index is 231. The fourth-order valence-corrected chi connectivity index (χ4v) is 2.10. The number of nitrogens with zero attached hydrogens (tertiary/aromatic N) is 1. The highest BCUT2D eigenvalue weighted by Gasteiger charge is 2.39. The van der Waals surface area contributed by atoms with Crippen molar-refractivity contribution in [2.24, 2.45) is 11.7 Å². The Hall–Kier alpha value is -0.370. The van der Waals surface area contributed by atoms with E-state index in [0.29, 0.717) is 32.5 Å². The number of nitrogens with two attached hydrogens (primary N) is 1. The molecule has 0 aromatic rings. The Morgan fingerprint density at radius 3 is 2.39 bits per heavy atom. The number of alkyl halides is 3. The second-order valence-electron chi connectivity index (χ2n) is 4.57. The molecule has 0 radical (unpaired) electrons. The van der Waals surface area contributed by atoms with Crippen LogP contribution in [0.25, 0.3) is 0 Å². The average molecular weight is 270 g/mol. The minimum absolute atomic E-state index is 0.0243. The van der Waals surface area contributed by atoms with Gasteiger partial charge in [-0.15, -0.1) is 0 Å². The van der Waals surface area contributed by atoms with E-state index in [9.17, 15) is 13.2 Å². The van der Waals surface area contributed by atoms with E-state index >= 15 is 0 Å². The number of likely N-dealkylation sites (tertiary alicyclic amines) is 1. The van der Waals surface area contributed by atoms with Crippen LogP contribution in [0.5, 0.6) is 0 Å². The van der Waals surface area contributed by atoms with Crippen molar-refractivity contribution in [3.8, 4) is 0 Å². The quantitative estimate of drug-likeness (QED) is 0.742. The lowest BCUT2D eigenvalue weighted by molar-refractivity contribution is -0.177. The summed E-state index contributed by atoms with van der Waals surface area (Å²) in [6.07, 6.45) is -2.76. The molecule has 0 aromatic carbocycles. The van der Waals surface area contributed by atoms with Crippen LogP contribution >= 0.6 is 0 Å². The summed E-state index contributed by atoms with van der Waals surface area (Å²) >= 11 is 0. The molecule has 1 rings (SSSR count). The predicted molar refractivity (Wildman–Crippen MR) is 61.1 cm³/mol. The van der Waals surface area contributed by atoms with Crippen LogP contribution in [0.1, 0.15) is 12.8 Å². The molecule has 7 heteroatoms. The van der Waals surface area contributed by atoms with E-state index in [1.54, 1.807) is 4.90 Å². The highest BCUT2D eigenvalue weighted by atomic mass is 19.4. The first-order valence-corrected chi connectivity index (χ1v) is 6.19. The van der Waals surface area contributed by atoms with E-state index in [-0.39, 0.29) is 25.8 Å². The smallest absolute Gasteiger partial charge is 0.394 e. The highest BCUT2D eigenvalue weighted by Crippen LogP contribution is 2.27. The summed E-state index contributed by atoms with van der Waals surface area (Å²) in [5.41, 5.74) is 5.17. The van der Waals surface area contributed by atoms with Crippen molar-refractivity contribution >= 4 is 0 Å². The zero-order valence-electron chi connectivity index (χ0n) is 10.3. The first-order chi connectivity index (χ1) is 8.47. The second kappa shape index (κ2) is 7.28. The highest BCUT2D eigenvalue weighted by molar-refractivity contribution is 4.78. The Labute approximate surface area is 105 Å². The zero-order chi connectivity index (χ0) is 13.6. The van der Waals surface area contributed by atoms with Crippen LogP contribution in [-0.4, -0.2) is 61.7 Å². The number of piperidine rings is 1. The number of rotatable bonds is 6. The summed E-state index contributed by atoms with van der Waals surface area (Å²) in [5.74, 6) is -1.45. The van der Waals surface area contributed by atoms with Crippen molar-refractivity contribution in [3.63, 3.8) is 0 Å². The monoisotopic (exact) mass is 270 g/mol. The van der Waals surface area contributed by atoms with Gasteiger partial charge in [0.15, 0.2) is 0 Å². The van der Waals surface area contributed by atoms with Crippen LogP contribution < -0.4 is 5.73 Å². The normalized spacial score (nSPS) is 21.2. The van der Waals surface area contributed by atoms with Crippen molar-refractivity contribution in [2.75, 3.05) is 39.4 Å². The maximum absolute atomic E-state index is 12.6. The van der Waals surface area contributed by atoms with Crippen molar-refractivity contribution in [1.82, 2.24) is 4.90 Å². The van der Waals surface area contributed by atoms with Crippen LogP contribution in [0.3, 0.4) is 0 Å². The molecule has 3 N–H and O–H groups in total. The molecule has 18 heavy (non-hydrogen) atoms. The fraction of sp³-hybridized carbons (Fsp3) is 1.00. The van der Waals surface area contributed by atoms with E-state index in [1.807, 2.05) is 0 Å². The van der Waals surface area contributed by atoms with E-state index < -0.39 is 12.1 Å². The first-order valence-electron chi connectivity index (χ1n) is 6.19. The molecule has 1 aliphatic heterocycles. The lowest BCUT2D eigenvalue weighted by Gasteiger charge is -2.34. The van der Waals surface area contributed by atoms with Crippen molar-refractivity contribution in [2.45, 2.75) is 25.1 Å². The molecule has 1 fully saturated rings. The second-order valence-corrected chi connectivity index (χ2v) is 4.57.